The first kappa shape index (κ1) is 19.8. The predicted octanol–water partition coefficient (Wildman–Crippen LogP) is 3.70. The van der Waals surface area contributed by atoms with E-state index in [4.69, 9.17) is 0 Å². The highest BCUT2D eigenvalue weighted by Crippen LogP contribution is 2.21. The third-order valence-corrected chi connectivity index (χ3v) is 5.10. The Morgan fingerprint density at radius 1 is 1.20 bits per heavy atom. The predicted molar refractivity (Wildman–Crippen MR) is 116 cm³/mol. The molecule has 4 rings (SSSR count). The monoisotopic (exact) mass is 405 g/mol. The fraction of sp³-hybridized carbons (Fsp3) is 0.217. The number of carbonyl (C=O) groups is 1. The van der Waals surface area contributed by atoms with E-state index in [9.17, 15) is 9.18 Å². The first-order valence-corrected chi connectivity index (χ1v) is 9.81. The van der Waals surface area contributed by atoms with Gasteiger partial charge < -0.3 is 10.6 Å². The number of nitrogens with one attached hydrogen (secondary N) is 3. The maximum atomic E-state index is 13.7. The molecule has 0 aliphatic carbocycles. The molecule has 7 heteroatoms. The number of aryl methyl sites for hydroxylation is 1. The van der Waals surface area contributed by atoms with E-state index >= 15 is 0 Å². The Labute approximate surface area is 174 Å². The van der Waals surface area contributed by atoms with Crippen molar-refractivity contribution in [1.82, 2.24) is 20.7 Å². The molecular formula is C23H24FN5O. The zero-order chi connectivity index (χ0) is 21.3. The minimum absolute atomic E-state index is 0.208. The zero-order valence-corrected chi connectivity index (χ0v) is 17.2. The number of amides is 1. The number of anilines is 1. The van der Waals surface area contributed by atoms with Crippen LogP contribution >= 0.6 is 0 Å². The summed E-state index contributed by atoms with van der Waals surface area (Å²) in [5, 5.41) is 9.91. The largest absolute Gasteiger partial charge is 0.348 e. The van der Waals surface area contributed by atoms with Crippen LogP contribution in [0.1, 0.15) is 28.4 Å². The molecule has 1 aromatic heterocycles. The van der Waals surface area contributed by atoms with Crippen LogP contribution in [0.2, 0.25) is 0 Å². The zero-order valence-electron chi connectivity index (χ0n) is 17.2. The number of hydrogen-bond acceptors (Lipinski definition) is 5. The number of hydrazine groups is 1. The van der Waals surface area contributed by atoms with Crippen molar-refractivity contribution in [3.8, 4) is 0 Å². The van der Waals surface area contributed by atoms with Crippen LogP contribution in [0, 0.1) is 12.7 Å². The average Bonchev–Trinajstić information content (AvgIpc) is 3.04. The molecule has 0 saturated heterocycles. The first-order chi connectivity index (χ1) is 14.4. The third kappa shape index (κ3) is 4.26. The van der Waals surface area contributed by atoms with Crippen molar-refractivity contribution < 1.29 is 9.18 Å². The van der Waals surface area contributed by atoms with Gasteiger partial charge in [-0.25, -0.2) is 14.8 Å². The summed E-state index contributed by atoms with van der Waals surface area (Å²) in [6, 6.07) is 12.6. The van der Waals surface area contributed by atoms with Gasteiger partial charge in [-0.15, -0.1) is 0 Å². The van der Waals surface area contributed by atoms with Gasteiger partial charge in [0.25, 0.3) is 5.91 Å². The molecule has 1 amide bonds. The summed E-state index contributed by atoms with van der Waals surface area (Å²) in [4.78, 5) is 17.0. The molecule has 0 fully saturated rings. The van der Waals surface area contributed by atoms with E-state index in [0.29, 0.717) is 16.9 Å². The Balaban J connectivity index is 1.49. The van der Waals surface area contributed by atoms with Crippen molar-refractivity contribution in [2.24, 2.45) is 0 Å². The highest BCUT2D eigenvalue weighted by Gasteiger charge is 2.16. The van der Waals surface area contributed by atoms with Crippen molar-refractivity contribution in [3.05, 3.63) is 83.1 Å². The van der Waals surface area contributed by atoms with Crippen molar-refractivity contribution in [2.75, 3.05) is 12.4 Å². The Morgan fingerprint density at radius 3 is 2.77 bits per heavy atom. The lowest BCUT2D eigenvalue weighted by Gasteiger charge is -2.18. The Hall–Kier alpha value is -3.45. The second kappa shape index (κ2) is 8.12. The Bertz CT molecular complexity index is 1140. The molecule has 1 aliphatic heterocycles. The van der Waals surface area contributed by atoms with E-state index in [2.05, 4.69) is 34.0 Å². The van der Waals surface area contributed by atoms with Crippen LogP contribution in [0.15, 0.2) is 60.6 Å². The lowest BCUT2D eigenvalue weighted by atomic mass is 10.1. The minimum atomic E-state index is -0.271. The van der Waals surface area contributed by atoms with Crippen LogP contribution < -0.4 is 16.1 Å². The number of carbonyl (C=O) groups excluding carboxylic acids is 1. The van der Waals surface area contributed by atoms with Crippen molar-refractivity contribution >= 4 is 22.5 Å². The van der Waals surface area contributed by atoms with Gasteiger partial charge in [-0.3, -0.25) is 9.80 Å². The topological polar surface area (TPSA) is 69.3 Å². The number of hydrogen-bond donors (Lipinski definition) is 3. The molecule has 0 bridgehead atoms. The highest BCUT2D eigenvalue weighted by molar-refractivity contribution is 5.98. The van der Waals surface area contributed by atoms with Gasteiger partial charge in [0.1, 0.15) is 17.5 Å². The summed E-state index contributed by atoms with van der Waals surface area (Å²) in [6.45, 7) is 4.04. The summed E-state index contributed by atoms with van der Waals surface area (Å²) in [5.41, 5.74) is 5.11. The smallest absolute Gasteiger partial charge is 0.251 e. The number of pyridine rings is 1. The number of benzene rings is 2. The van der Waals surface area contributed by atoms with Gasteiger partial charge in [0.15, 0.2) is 0 Å². The Morgan fingerprint density at radius 2 is 2.03 bits per heavy atom. The average molecular weight is 405 g/mol. The standard InChI is InChI=1S/C23H24FN5O/c1-14-4-5-16(9-20(14)24)12-26-23(30)17-6-7-18-13-25-21(11-19(18)10-17)27-22-8-15(2)28-29(22)3/h4-11,13,15,28H,12H2,1-3H3,(H,25,27)(H,26,30). The van der Waals surface area contributed by atoms with E-state index in [0.717, 1.165) is 22.2 Å². The third-order valence-electron chi connectivity index (χ3n) is 5.10. The van der Waals surface area contributed by atoms with Gasteiger partial charge in [-0.1, -0.05) is 18.2 Å². The minimum Gasteiger partial charge on any atom is -0.348 e. The summed E-state index contributed by atoms with van der Waals surface area (Å²) in [6.07, 6.45) is 3.85. The van der Waals surface area contributed by atoms with Gasteiger partial charge in [0, 0.05) is 36.8 Å². The molecular weight excluding hydrogens is 381 g/mol. The van der Waals surface area contributed by atoms with Crippen LogP contribution in [0.25, 0.3) is 10.8 Å². The molecule has 0 spiro atoms. The number of aromatic nitrogens is 1. The number of rotatable bonds is 5. The van der Waals surface area contributed by atoms with E-state index in [1.54, 1.807) is 25.3 Å². The van der Waals surface area contributed by atoms with Gasteiger partial charge in [-0.2, -0.15) is 0 Å². The summed E-state index contributed by atoms with van der Waals surface area (Å²) >= 11 is 0. The normalized spacial score (nSPS) is 15.9. The van der Waals surface area contributed by atoms with Gasteiger partial charge in [0.05, 0.1) is 0 Å². The molecule has 154 valence electrons. The molecule has 30 heavy (non-hydrogen) atoms. The van der Waals surface area contributed by atoms with E-state index < -0.39 is 0 Å². The molecule has 3 aromatic rings. The van der Waals surface area contributed by atoms with E-state index in [1.807, 2.05) is 36.3 Å². The van der Waals surface area contributed by atoms with Crippen molar-refractivity contribution in [1.29, 1.82) is 0 Å². The quantitative estimate of drug-likeness (QED) is 0.604. The van der Waals surface area contributed by atoms with Gasteiger partial charge >= 0.3 is 0 Å². The second-order valence-corrected chi connectivity index (χ2v) is 7.55. The van der Waals surface area contributed by atoms with Crippen molar-refractivity contribution in [3.63, 3.8) is 0 Å². The fourth-order valence-corrected chi connectivity index (χ4v) is 3.40. The van der Waals surface area contributed by atoms with E-state index in [1.165, 1.54) is 6.07 Å². The Kier molecular flexibility index (Phi) is 5.37. The number of nitrogens with zero attached hydrogens (tertiary/aromatic N) is 2. The summed E-state index contributed by atoms with van der Waals surface area (Å²) in [7, 11) is 1.94. The molecule has 0 radical (unpaired) electrons. The second-order valence-electron chi connectivity index (χ2n) is 7.55. The first-order valence-electron chi connectivity index (χ1n) is 9.81. The molecule has 6 nitrogen and oxygen atoms in total. The number of halogens is 1. The molecule has 1 unspecified atom stereocenters. The van der Waals surface area contributed by atoms with Crippen LogP contribution in [-0.4, -0.2) is 29.0 Å². The van der Waals surface area contributed by atoms with Crippen LogP contribution in [0.4, 0.5) is 10.2 Å². The molecule has 0 saturated carbocycles. The SMILES string of the molecule is Cc1ccc(CNC(=O)c2ccc3cnc(NC4=CC(C)NN4C)cc3c2)cc1F. The summed E-state index contributed by atoms with van der Waals surface area (Å²) in [5.74, 6) is 1.14. The highest BCUT2D eigenvalue weighted by atomic mass is 19.1. The number of fused-ring (bicyclic) bond motifs is 1. The maximum Gasteiger partial charge on any atom is 0.251 e. The maximum absolute atomic E-state index is 13.7. The molecule has 1 aliphatic rings. The van der Waals surface area contributed by atoms with E-state index in [-0.39, 0.29) is 24.3 Å². The fourth-order valence-electron chi connectivity index (χ4n) is 3.40. The summed E-state index contributed by atoms with van der Waals surface area (Å²) < 4.78 is 13.7. The van der Waals surface area contributed by atoms with Crippen LogP contribution in [0.5, 0.6) is 0 Å². The lowest BCUT2D eigenvalue weighted by Crippen LogP contribution is -2.33. The molecule has 2 heterocycles. The van der Waals surface area contributed by atoms with Crippen LogP contribution in [-0.2, 0) is 6.54 Å². The van der Waals surface area contributed by atoms with Gasteiger partial charge in [0.2, 0.25) is 0 Å². The molecule has 3 N–H and O–H groups in total. The molecule has 2 aromatic carbocycles. The molecule has 1 atom stereocenters. The van der Waals surface area contributed by atoms with Crippen LogP contribution in [0.3, 0.4) is 0 Å². The van der Waals surface area contributed by atoms with Gasteiger partial charge in [-0.05, 0) is 60.7 Å². The van der Waals surface area contributed by atoms with Crippen molar-refractivity contribution in [2.45, 2.75) is 26.4 Å². The lowest BCUT2D eigenvalue weighted by molar-refractivity contribution is 0.0951.